The van der Waals surface area contributed by atoms with E-state index in [0.29, 0.717) is 18.3 Å². The van der Waals surface area contributed by atoms with E-state index >= 15 is 0 Å². The molecule has 5 nitrogen and oxygen atoms in total. The molecule has 20 heavy (non-hydrogen) atoms. The first-order chi connectivity index (χ1) is 9.53. The highest BCUT2D eigenvalue weighted by molar-refractivity contribution is 7.89. The van der Waals surface area contributed by atoms with E-state index < -0.39 is 10.0 Å². The lowest BCUT2D eigenvalue weighted by Gasteiger charge is -2.12. The Bertz CT molecular complexity index is 552. The van der Waals surface area contributed by atoms with Gasteiger partial charge < -0.3 is 10.1 Å². The molecule has 1 atom stereocenters. The van der Waals surface area contributed by atoms with Crippen LogP contribution >= 0.6 is 0 Å². The molecule has 0 aromatic heterocycles. The molecule has 1 aromatic rings. The third-order valence-electron chi connectivity index (χ3n) is 3.62. The van der Waals surface area contributed by atoms with Gasteiger partial charge in [0.05, 0.1) is 12.0 Å². The first kappa shape index (κ1) is 15.3. The summed E-state index contributed by atoms with van der Waals surface area (Å²) in [6, 6.07) is 5.33. The Kier molecular flexibility index (Phi) is 5.01. The summed E-state index contributed by atoms with van der Waals surface area (Å²) in [6.07, 6.45) is 3.13. The second kappa shape index (κ2) is 6.56. The normalized spacial score (nSPS) is 19.2. The molecule has 0 unspecified atom stereocenters. The summed E-state index contributed by atoms with van der Waals surface area (Å²) >= 11 is 0. The van der Waals surface area contributed by atoms with Gasteiger partial charge in [-0.1, -0.05) is 0 Å². The highest BCUT2D eigenvalue weighted by Crippen LogP contribution is 2.21. The van der Waals surface area contributed by atoms with Crippen molar-refractivity contribution in [1.82, 2.24) is 10.0 Å². The Labute approximate surface area is 120 Å². The lowest BCUT2D eigenvalue weighted by atomic mass is 10.2. The molecule has 1 fully saturated rings. The summed E-state index contributed by atoms with van der Waals surface area (Å²) in [5.41, 5.74) is 0.813. The molecule has 1 saturated heterocycles. The average Bonchev–Trinajstić information content (AvgIpc) is 2.91. The quantitative estimate of drug-likeness (QED) is 0.833. The topological polar surface area (TPSA) is 67.4 Å². The number of rotatable bonds is 6. The predicted octanol–water partition coefficient (Wildman–Crippen LogP) is 1.42. The molecule has 0 amide bonds. The largest absolute Gasteiger partial charge is 0.496 e. The smallest absolute Gasteiger partial charge is 0.240 e. The fraction of sp³-hybridized carbons (Fsp3) is 0.571. The summed E-state index contributed by atoms with van der Waals surface area (Å²) in [5.74, 6) is 0.694. The average molecular weight is 298 g/mol. The lowest BCUT2D eigenvalue weighted by Crippen LogP contribution is -2.30. The van der Waals surface area contributed by atoms with Crippen molar-refractivity contribution < 1.29 is 13.2 Å². The zero-order valence-corrected chi connectivity index (χ0v) is 12.8. The lowest BCUT2D eigenvalue weighted by molar-refractivity contribution is 0.411. The van der Waals surface area contributed by atoms with Crippen molar-refractivity contribution >= 4 is 10.0 Å². The van der Waals surface area contributed by atoms with Crippen LogP contribution in [-0.2, 0) is 10.0 Å². The number of nitrogens with one attached hydrogen (secondary N) is 2. The third kappa shape index (κ3) is 3.71. The van der Waals surface area contributed by atoms with E-state index in [9.17, 15) is 8.42 Å². The maximum Gasteiger partial charge on any atom is 0.240 e. The Balaban J connectivity index is 1.96. The van der Waals surface area contributed by atoms with E-state index in [1.807, 2.05) is 6.92 Å². The van der Waals surface area contributed by atoms with Gasteiger partial charge in [-0.2, -0.15) is 0 Å². The van der Waals surface area contributed by atoms with Gasteiger partial charge in [0.2, 0.25) is 10.0 Å². The van der Waals surface area contributed by atoms with E-state index in [-0.39, 0.29) is 4.90 Å². The van der Waals surface area contributed by atoms with Crippen LogP contribution in [0.1, 0.15) is 24.8 Å². The first-order valence-corrected chi connectivity index (χ1v) is 8.39. The van der Waals surface area contributed by atoms with Crippen molar-refractivity contribution in [3.8, 4) is 5.75 Å². The molecule has 1 heterocycles. The number of hydrogen-bond acceptors (Lipinski definition) is 4. The monoisotopic (exact) mass is 298 g/mol. The Morgan fingerprint density at radius 3 is 2.85 bits per heavy atom. The summed E-state index contributed by atoms with van der Waals surface area (Å²) < 4.78 is 32.2. The molecule has 2 N–H and O–H groups in total. The molecule has 0 bridgehead atoms. The Morgan fingerprint density at radius 1 is 1.45 bits per heavy atom. The minimum Gasteiger partial charge on any atom is -0.496 e. The van der Waals surface area contributed by atoms with Gasteiger partial charge >= 0.3 is 0 Å². The highest BCUT2D eigenvalue weighted by atomic mass is 32.2. The van der Waals surface area contributed by atoms with Crippen molar-refractivity contribution in [3.05, 3.63) is 23.8 Å². The molecule has 1 aliphatic heterocycles. The minimum atomic E-state index is -3.43. The summed E-state index contributed by atoms with van der Waals surface area (Å²) in [7, 11) is -1.86. The van der Waals surface area contributed by atoms with Crippen LogP contribution in [-0.4, -0.2) is 34.7 Å². The van der Waals surface area contributed by atoms with Crippen molar-refractivity contribution in [2.45, 2.75) is 37.1 Å². The Hall–Kier alpha value is -1.11. The number of benzene rings is 1. The molecule has 1 aliphatic rings. The van der Waals surface area contributed by atoms with Crippen LogP contribution in [0.5, 0.6) is 5.75 Å². The molecule has 0 radical (unpaired) electrons. The molecule has 6 heteroatoms. The van der Waals surface area contributed by atoms with E-state index in [0.717, 1.165) is 24.9 Å². The van der Waals surface area contributed by atoms with Crippen molar-refractivity contribution in [3.63, 3.8) is 0 Å². The molecule has 0 saturated carbocycles. The van der Waals surface area contributed by atoms with Gasteiger partial charge in [-0.3, -0.25) is 0 Å². The predicted molar refractivity (Wildman–Crippen MR) is 78.6 cm³/mol. The van der Waals surface area contributed by atoms with Crippen LogP contribution in [0, 0.1) is 6.92 Å². The fourth-order valence-corrected chi connectivity index (χ4v) is 3.60. The number of sulfonamides is 1. The van der Waals surface area contributed by atoms with Crippen LogP contribution in [0.2, 0.25) is 0 Å². The van der Waals surface area contributed by atoms with Crippen molar-refractivity contribution in [2.75, 3.05) is 20.2 Å². The van der Waals surface area contributed by atoms with Crippen molar-refractivity contribution in [2.24, 2.45) is 0 Å². The van der Waals surface area contributed by atoms with Crippen LogP contribution in [0.3, 0.4) is 0 Å². The number of methoxy groups -OCH3 is 1. The molecule has 1 aromatic carbocycles. The number of ether oxygens (including phenoxy) is 1. The van der Waals surface area contributed by atoms with Gasteiger partial charge in [-0.15, -0.1) is 0 Å². The second-order valence-electron chi connectivity index (χ2n) is 5.11. The summed E-state index contributed by atoms with van der Waals surface area (Å²) in [4.78, 5) is 0.287. The van der Waals surface area contributed by atoms with Crippen LogP contribution in [0.25, 0.3) is 0 Å². The van der Waals surface area contributed by atoms with Gasteiger partial charge in [0.15, 0.2) is 0 Å². The molecular weight excluding hydrogens is 276 g/mol. The van der Waals surface area contributed by atoms with Gasteiger partial charge in [-0.05, 0) is 56.5 Å². The number of hydrogen-bond donors (Lipinski definition) is 2. The van der Waals surface area contributed by atoms with E-state index in [4.69, 9.17) is 4.74 Å². The SMILES string of the molecule is COc1ccc(S(=O)(=O)NCC[C@@H]2CCCN2)cc1C. The third-order valence-corrected chi connectivity index (χ3v) is 5.08. The molecule has 0 aliphatic carbocycles. The molecule has 2 rings (SSSR count). The van der Waals surface area contributed by atoms with Crippen molar-refractivity contribution in [1.29, 1.82) is 0 Å². The van der Waals surface area contributed by atoms with Gasteiger partial charge in [0.25, 0.3) is 0 Å². The van der Waals surface area contributed by atoms with Crippen LogP contribution in [0.4, 0.5) is 0 Å². The number of aryl methyl sites for hydroxylation is 1. The van der Waals surface area contributed by atoms with Gasteiger partial charge in [0.1, 0.15) is 5.75 Å². The molecule has 112 valence electrons. The fourth-order valence-electron chi connectivity index (χ4n) is 2.47. The van der Waals surface area contributed by atoms with Gasteiger partial charge in [-0.25, -0.2) is 13.1 Å². The standard InChI is InChI=1S/C14H22N2O3S/c1-11-10-13(5-6-14(11)19-2)20(17,18)16-9-7-12-4-3-8-15-12/h5-6,10,12,15-16H,3-4,7-9H2,1-2H3/t12-/m0/s1. The zero-order valence-electron chi connectivity index (χ0n) is 12.0. The summed E-state index contributed by atoms with van der Waals surface area (Å²) in [5, 5.41) is 3.36. The van der Waals surface area contributed by atoms with E-state index in [2.05, 4.69) is 10.0 Å². The maximum absolute atomic E-state index is 12.2. The maximum atomic E-state index is 12.2. The molecular formula is C14H22N2O3S. The van der Waals surface area contributed by atoms with Crippen LogP contribution < -0.4 is 14.8 Å². The minimum absolute atomic E-state index is 0.287. The molecule has 0 spiro atoms. The Morgan fingerprint density at radius 2 is 2.25 bits per heavy atom. The van der Waals surface area contributed by atoms with E-state index in [1.54, 1.807) is 25.3 Å². The van der Waals surface area contributed by atoms with Crippen LogP contribution in [0.15, 0.2) is 23.1 Å². The van der Waals surface area contributed by atoms with Gasteiger partial charge in [0, 0.05) is 12.6 Å². The highest BCUT2D eigenvalue weighted by Gasteiger charge is 2.17. The first-order valence-electron chi connectivity index (χ1n) is 6.90. The zero-order chi connectivity index (χ0) is 14.6. The summed E-state index contributed by atoms with van der Waals surface area (Å²) in [6.45, 7) is 3.33. The van der Waals surface area contributed by atoms with E-state index in [1.165, 1.54) is 6.42 Å². The second-order valence-corrected chi connectivity index (χ2v) is 6.88.